The first-order valence-electron chi connectivity index (χ1n) is 12.9. The number of benzene rings is 4. The van der Waals surface area contributed by atoms with Crippen molar-refractivity contribution in [3.63, 3.8) is 0 Å². The van der Waals surface area contributed by atoms with E-state index in [0.717, 1.165) is 23.2 Å². The lowest BCUT2D eigenvalue weighted by Gasteiger charge is -2.37. The van der Waals surface area contributed by atoms with Crippen molar-refractivity contribution in [2.45, 2.75) is 31.9 Å². The van der Waals surface area contributed by atoms with Crippen molar-refractivity contribution in [1.82, 2.24) is 0 Å². The Balaban J connectivity index is 1.20. The molecule has 1 heterocycles. The molecule has 0 saturated carbocycles. The molecule has 0 spiro atoms. The van der Waals surface area contributed by atoms with Gasteiger partial charge in [0.1, 0.15) is 12.4 Å². The van der Waals surface area contributed by atoms with Crippen LogP contribution in [0.15, 0.2) is 102 Å². The molecule has 2 aliphatic rings. The third-order valence-electron chi connectivity index (χ3n) is 7.44. The third kappa shape index (κ3) is 5.09. The lowest BCUT2D eigenvalue weighted by molar-refractivity contribution is 0.306. The van der Waals surface area contributed by atoms with Crippen LogP contribution in [-0.4, -0.2) is 6.21 Å². The van der Waals surface area contributed by atoms with Crippen LogP contribution in [0.1, 0.15) is 46.2 Å². The van der Waals surface area contributed by atoms with Crippen LogP contribution in [0.2, 0.25) is 10.0 Å². The van der Waals surface area contributed by atoms with Gasteiger partial charge >= 0.3 is 0 Å². The van der Waals surface area contributed by atoms with Gasteiger partial charge in [-0.25, -0.2) is 0 Å². The molecule has 0 fully saturated rings. The van der Waals surface area contributed by atoms with Gasteiger partial charge in [-0.3, -0.25) is 4.99 Å². The number of aryl methyl sites for hydroxylation is 1. The summed E-state index contributed by atoms with van der Waals surface area (Å²) in [5.74, 6) is 1.68. The van der Waals surface area contributed by atoms with Crippen LogP contribution in [0.4, 0.5) is 11.4 Å². The molecule has 4 aromatic rings. The van der Waals surface area contributed by atoms with E-state index in [2.05, 4.69) is 66.9 Å². The summed E-state index contributed by atoms with van der Waals surface area (Å²) in [5.41, 5.74) is 7.85. The number of anilines is 1. The number of hydrogen-bond acceptors (Lipinski definition) is 3. The molecule has 0 radical (unpaired) electrons. The first-order valence-corrected chi connectivity index (χ1v) is 13.6. The maximum atomic E-state index is 6.29. The van der Waals surface area contributed by atoms with Gasteiger partial charge in [-0.15, -0.1) is 0 Å². The van der Waals surface area contributed by atoms with Crippen LogP contribution in [-0.2, 0) is 6.61 Å². The SMILES string of the molecule is Cc1ccc2c(c1)[C@@H]1C=CC[C@H]1[C@@H](c1ccc(N=Cc3cc(Cl)ccc3OCc3ccccc3Cl)cc1)N2. The number of aliphatic imine (C=N–C) groups is 1. The Morgan fingerprint density at radius 3 is 2.66 bits per heavy atom. The monoisotopic (exact) mass is 538 g/mol. The second-order valence-electron chi connectivity index (χ2n) is 9.98. The highest BCUT2D eigenvalue weighted by Crippen LogP contribution is 2.50. The van der Waals surface area contributed by atoms with Gasteiger partial charge in [0.2, 0.25) is 0 Å². The second kappa shape index (κ2) is 10.7. The number of hydrogen-bond donors (Lipinski definition) is 1. The predicted molar refractivity (Wildman–Crippen MR) is 158 cm³/mol. The first-order chi connectivity index (χ1) is 18.5. The van der Waals surface area contributed by atoms with Gasteiger partial charge in [0, 0.05) is 39.0 Å². The zero-order valence-electron chi connectivity index (χ0n) is 21.1. The number of allylic oxidation sites excluding steroid dienone is 2. The van der Waals surface area contributed by atoms with Crippen LogP contribution < -0.4 is 10.1 Å². The molecular weight excluding hydrogens is 511 g/mol. The van der Waals surface area contributed by atoms with E-state index in [9.17, 15) is 0 Å². The molecule has 3 atom stereocenters. The van der Waals surface area contributed by atoms with Crippen molar-refractivity contribution in [3.8, 4) is 5.75 Å². The minimum atomic E-state index is 0.265. The van der Waals surface area contributed by atoms with Crippen LogP contribution in [0.25, 0.3) is 0 Å². The van der Waals surface area contributed by atoms with E-state index in [1.807, 2.05) is 42.5 Å². The Hall–Kier alpha value is -3.53. The minimum absolute atomic E-state index is 0.265. The fourth-order valence-electron chi connectivity index (χ4n) is 5.48. The first kappa shape index (κ1) is 24.8. The maximum absolute atomic E-state index is 6.29. The molecule has 3 nitrogen and oxygen atoms in total. The predicted octanol–water partition coefficient (Wildman–Crippen LogP) is 9.46. The van der Waals surface area contributed by atoms with E-state index < -0.39 is 0 Å². The molecule has 4 aromatic carbocycles. The van der Waals surface area contributed by atoms with E-state index in [1.165, 1.54) is 22.4 Å². The van der Waals surface area contributed by atoms with Crippen molar-refractivity contribution in [1.29, 1.82) is 0 Å². The van der Waals surface area contributed by atoms with Crippen LogP contribution >= 0.6 is 23.2 Å². The summed E-state index contributed by atoms with van der Waals surface area (Å²) in [5, 5.41) is 5.13. The lowest BCUT2D eigenvalue weighted by Crippen LogP contribution is -2.29. The third-order valence-corrected chi connectivity index (χ3v) is 8.04. The van der Waals surface area contributed by atoms with E-state index in [0.29, 0.717) is 34.2 Å². The Bertz CT molecular complexity index is 1530. The maximum Gasteiger partial charge on any atom is 0.128 e. The standard InChI is InChI=1S/C33H28Cl2N2O/c1-21-9-15-31-29(17-21)27-6-4-7-28(27)33(37-31)22-10-13-26(14-11-22)36-19-24-18-25(34)12-16-32(24)38-20-23-5-2-3-8-30(23)35/h2-6,8-19,27-28,33,37H,7,20H2,1H3/t27-,28-,33-/m1/s1. The van der Waals surface area contributed by atoms with Gasteiger partial charge in [-0.1, -0.05) is 83.4 Å². The number of nitrogens with zero attached hydrogens (tertiary/aromatic N) is 1. The van der Waals surface area contributed by atoms with Gasteiger partial charge < -0.3 is 10.1 Å². The van der Waals surface area contributed by atoms with Gasteiger partial charge in [-0.05, 0) is 72.9 Å². The molecule has 0 bridgehead atoms. The second-order valence-corrected chi connectivity index (χ2v) is 10.8. The summed E-state index contributed by atoms with van der Waals surface area (Å²) < 4.78 is 6.07. The van der Waals surface area contributed by atoms with Gasteiger partial charge in [0.05, 0.1) is 11.7 Å². The van der Waals surface area contributed by atoms with Gasteiger partial charge in [0.15, 0.2) is 0 Å². The largest absolute Gasteiger partial charge is 0.488 e. The molecule has 5 heteroatoms. The number of ether oxygens (including phenoxy) is 1. The molecule has 6 rings (SSSR count). The molecule has 38 heavy (non-hydrogen) atoms. The van der Waals surface area contributed by atoms with Crippen LogP contribution in [0.5, 0.6) is 5.75 Å². The van der Waals surface area contributed by atoms with E-state index >= 15 is 0 Å². The highest BCUT2D eigenvalue weighted by molar-refractivity contribution is 6.31. The molecule has 0 saturated heterocycles. The minimum Gasteiger partial charge on any atom is -0.488 e. The Labute approximate surface area is 233 Å². The quantitative estimate of drug-likeness (QED) is 0.196. The number of nitrogens with one attached hydrogen (secondary N) is 1. The van der Waals surface area contributed by atoms with E-state index in [4.69, 9.17) is 32.9 Å². The highest BCUT2D eigenvalue weighted by Gasteiger charge is 2.37. The summed E-state index contributed by atoms with van der Waals surface area (Å²) in [6.07, 6.45) is 7.60. The molecule has 1 aliphatic heterocycles. The van der Waals surface area contributed by atoms with Crippen molar-refractivity contribution in [2.24, 2.45) is 10.9 Å². The smallest absolute Gasteiger partial charge is 0.128 e. The topological polar surface area (TPSA) is 33.6 Å². The van der Waals surface area contributed by atoms with Crippen molar-refractivity contribution < 1.29 is 4.74 Å². The Morgan fingerprint density at radius 1 is 0.974 bits per heavy atom. The molecule has 0 amide bonds. The van der Waals surface area contributed by atoms with Crippen molar-refractivity contribution >= 4 is 40.8 Å². The van der Waals surface area contributed by atoms with Crippen LogP contribution in [0, 0.1) is 12.8 Å². The average Bonchev–Trinajstić information content (AvgIpc) is 3.43. The van der Waals surface area contributed by atoms with Gasteiger partial charge in [-0.2, -0.15) is 0 Å². The summed E-state index contributed by atoms with van der Waals surface area (Å²) in [6.45, 7) is 2.53. The average molecular weight is 540 g/mol. The van der Waals surface area contributed by atoms with E-state index in [-0.39, 0.29) is 6.04 Å². The normalized spacial score (nSPS) is 19.7. The summed E-state index contributed by atoms with van der Waals surface area (Å²) in [6, 6.07) is 28.7. The Kier molecular flexibility index (Phi) is 6.97. The highest BCUT2D eigenvalue weighted by atomic mass is 35.5. The molecule has 190 valence electrons. The van der Waals surface area contributed by atoms with Crippen LogP contribution in [0.3, 0.4) is 0 Å². The zero-order chi connectivity index (χ0) is 26.1. The fourth-order valence-corrected chi connectivity index (χ4v) is 5.85. The molecule has 0 aromatic heterocycles. The molecular formula is C33H28Cl2N2O. The molecule has 1 N–H and O–H groups in total. The van der Waals surface area contributed by atoms with Crippen molar-refractivity contribution in [2.75, 3.05) is 5.32 Å². The Morgan fingerprint density at radius 2 is 1.82 bits per heavy atom. The number of fused-ring (bicyclic) bond motifs is 3. The fraction of sp³-hybridized carbons (Fsp3) is 0.182. The lowest BCUT2D eigenvalue weighted by atomic mass is 9.76. The molecule has 0 unspecified atom stereocenters. The summed E-state index contributed by atoms with van der Waals surface area (Å²) in [7, 11) is 0. The van der Waals surface area contributed by atoms with Crippen molar-refractivity contribution in [3.05, 3.63) is 135 Å². The number of halogens is 2. The van der Waals surface area contributed by atoms with Gasteiger partial charge in [0.25, 0.3) is 0 Å². The molecule has 1 aliphatic carbocycles. The summed E-state index contributed by atoms with van der Waals surface area (Å²) >= 11 is 12.6. The summed E-state index contributed by atoms with van der Waals surface area (Å²) in [4.78, 5) is 4.73. The van der Waals surface area contributed by atoms with E-state index in [1.54, 1.807) is 6.21 Å². The number of rotatable bonds is 6. The zero-order valence-corrected chi connectivity index (χ0v) is 22.6.